The molecule has 0 radical (unpaired) electrons. The van der Waals surface area contributed by atoms with Crippen LogP contribution >= 0.6 is 12.4 Å². The molecule has 0 saturated heterocycles. The van der Waals surface area contributed by atoms with E-state index in [0.29, 0.717) is 29.9 Å². The van der Waals surface area contributed by atoms with Crippen LogP contribution in [-0.2, 0) is 10.0 Å². The summed E-state index contributed by atoms with van der Waals surface area (Å²) in [6.07, 6.45) is 0. The number of anilines is 1. The highest BCUT2D eigenvalue weighted by Crippen LogP contribution is 2.21. The lowest BCUT2D eigenvalue weighted by Gasteiger charge is -2.12. The first kappa shape index (κ1) is 23.0. The molecule has 2 aromatic rings. The van der Waals surface area contributed by atoms with Gasteiger partial charge in [-0.05, 0) is 61.9 Å². The molecule has 2 aromatic carbocycles. The van der Waals surface area contributed by atoms with Crippen LogP contribution in [0.2, 0.25) is 0 Å². The summed E-state index contributed by atoms with van der Waals surface area (Å²) in [5.41, 5.74) is 2.45. The molecule has 0 fully saturated rings. The average Bonchev–Trinajstić information content (AvgIpc) is 2.61. The van der Waals surface area contributed by atoms with Crippen LogP contribution in [-0.4, -0.2) is 34.0 Å². The molecule has 2 rings (SSSR count). The number of hydrogen-bond acceptors (Lipinski definition) is 4. The summed E-state index contributed by atoms with van der Waals surface area (Å²) in [6.45, 7) is 7.70. The number of sulfonamides is 1. The number of likely N-dealkylation sites (N-methyl/N-ethyl adjacent to an activating group) is 1. The van der Waals surface area contributed by atoms with Gasteiger partial charge in [0.1, 0.15) is 0 Å². The lowest BCUT2D eigenvalue weighted by atomic mass is 10.2. The van der Waals surface area contributed by atoms with Crippen molar-refractivity contribution in [2.45, 2.75) is 25.7 Å². The summed E-state index contributed by atoms with van der Waals surface area (Å²) in [5, 5.41) is 5.92. The molecule has 148 valence electrons. The molecule has 0 bridgehead atoms. The predicted molar refractivity (Wildman–Crippen MR) is 111 cm³/mol. The number of hydrogen-bond donors (Lipinski definition) is 3. The minimum atomic E-state index is -3.68. The fourth-order valence-corrected chi connectivity index (χ4v) is 3.83. The van der Waals surface area contributed by atoms with E-state index in [1.54, 1.807) is 43.3 Å². The van der Waals surface area contributed by atoms with E-state index in [1.165, 1.54) is 0 Å². The zero-order chi connectivity index (χ0) is 19.2. The normalized spacial score (nSPS) is 10.8. The number of nitrogens with one attached hydrogen (secondary N) is 3. The van der Waals surface area contributed by atoms with Crippen LogP contribution < -0.4 is 15.4 Å². The Hall–Kier alpha value is -2.09. The van der Waals surface area contributed by atoms with Gasteiger partial charge >= 0.3 is 0 Å². The third kappa shape index (κ3) is 6.53. The standard InChI is InChI=1S/C19H25N3O3S.ClH/c1-4-20-11-12-21-19(23)16-7-9-17(10-8-16)22-26(24,25)18-13-14(2)5-6-15(18)3;/h5-10,13,20,22H,4,11-12H2,1-3H3,(H,21,23);1H. The number of aryl methyl sites for hydroxylation is 2. The number of halogens is 1. The summed E-state index contributed by atoms with van der Waals surface area (Å²) in [4.78, 5) is 12.3. The van der Waals surface area contributed by atoms with Crippen LogP contribution in [0.3, 0.4) is 0 Å². The number of rotatable bonds is 8. The van der Waals surface area contributed by atoms with Gasteiger partial charge < -0.3 is 10.6 Å². The maximum atomic E-state index is 12.6. The topological polar surface area (TPSA) is 87.3 Å². The van der Waals surface area contributed by atoms with Gasteiger partial charge in [-0.15, -0.1) is 12.4 Å². The van der Waals surface area contributed by atoms with Gasteiger partial charge in [0.25, 0.3) is 15.9 Å². The largest absolute Gasteiger partial charge is 0.351 e. The van der Waals surface area contributed by atoms with Gasteiger partial charge in [-0.25, -0.2) is 8.42 Å². The Labute approximate surface area is 167 Å². The molecule has 0 saturated carbocycles. The van der Waals surface area contributed by atoms with Crippen LogP contribution in [0, 0.1) is 13.8 Å². The highest BCUT2D eigenvalue weighted by atomic mass is 35.5. The molecular formula is C19H26ClN3O3S. The second kappa shape index (κ2) is 10.3. The fourth-order valence-electron chi connectivity index (χ4n) is 2.44. The van der Waals surface area contributed by atoms with Crippen molar-refractivity contribution in [2.24, 2.45) is 0 Å². The predicted octanol–water partition coefficient (Wildman–Crippen LogP) is 2.87. The number of carbonyl (C=O) groups excluding carboxylic acids is 1. The van der Waals surface area contributed by atoms with Crippen LogP contribution in [0.1, 0.15) is 28.4 Å². The van der Waals surface area contributed by atoms with Gasteiger partial charge in [0.15, 0.2) is 0 Å². The molecule has 0 heterocycles. The summed E-state index contributed by atoms with van der Waals surface area (Å²) in [5.74, 6) is -0.188. The van der Waals surface area contributed by atoms with Crippen molar-refractivity contribution < 1.29 is 13.2 Å². The van der Waals surface area contributed by atoms with Gasteiger partial charge in [0, 0.05) is 24.3 Å². The molecule has 0 spiro atoms. The van der Waals surface area contributed by atoms with Gasteiger partial charge in [-0.1, -0.05) is 19.1 Å². The molecular weight excluding hydrogens is 386 g/mol. The van der Waals surface area contributed by atoms with Crippen molar-refractivity contribution >= 4 is 34.0 Å². The second-order valence-corrected chi connectivity index (χ2v) is 7.71. The Morgan fingerprint density at radius 3 is 2.30 bits per heavy atom. The minimum Gasteiger partial charge on any atom is -0.351 e. The van der Waals surface area contributed by atoms with Crippen molar-refractivity contribution in [1.82, 2.24) is 10.6 Å². The monoisotopic (exact) mass is 411 g/mol. The Balaban J connectivity index is 0.00000364. The molecule has 0 unspecified atom stereocenters. The number of carbonyl (C=O) groups is 1. The summed E-state index contributed by atoms with van der Waals surface area (Å²) in [6, 6.07) is 11.7. The molecule has 27 heavy (non-hydrogen) atoms. The zero-order valence-corrected chi connectivity index (χ0v) is 17.3. The van der Waals surface area contributed by atoms with Crippen molar-refractivity contribution in [3.63, 3.8) is 0 Å². The first-order chi connectivity index (χ1) is 12.3. The van der Waals surface area contributed by atoms with Crippen molar-refractivity contribution in [2.75, 3.05) is 24.4 Å². The maximum absolute atomic E-state index is 12.6. The highest BCUT2D eigenvalue weighted by Gasteiger charge is 2.17. The lowest BCUT2D eigenvalue weighted by Crippen LogP contribution is -2.31. The third-order valence-corrected chi connectivity index (χ3v) is 5.39. The van der Waals surface area contributed by atoms with Crippen molar-refractivity contribution in [3.8, 4) is 0 Å². The van der Waals surface area contributed by atoms with E-state index in [4.69, 9.17) is 0 Å². The molecule has 0 atom stereocenters. The minimum absolute atomic E-state index is 0. The summed E-state index contributed by atoms with van der Waals surface area (Å²) >= 11 is 0. The van der Waals surface area contributed by atoms with Crippen molar-refractivity contribution in [3.05, 3.63) is 59.2 Å². The molecule has 0 aliphatic rings. The zero-order valence-electron chi connectivity index (χ0n) is 15.7. The number of amides is 1. The fraction of sp³-hybridized carbons (Fsp3) is 0.316. The van der Waals surface area contributed by atoms with E-state index >= 15 is 0 Å². The SMILES string of the molecule is CCNCCNC(=O)c1ccc(NS(=O)(=O)c2cc(C)ccc2C)cc1.Cl. The van der Waals surface area contributed by atoms with E-state index < -0.39 is 10.0 Å². The van der Waals surface area contributed by atoms with E-state index in [-0.39, 0.29) is 23.2 Å². The quantitative estimate of drug-likeness (QED) is 0.583. The summed E-state index contributed by atoms with van der Waals surface area (Å²) in [7, 11) is -3.68. The molecule has 8 heteroatoms. The van der Waals surface area contributed by atoms with E-state index in [2.05, 4.69) is 15.4 Å². The summed E-state index contributed by atoms with van der Waals surface area (Å²) < 4.78 is 27.8. The Bertz CT molecular complexity index is 868. The van der Waals surface area contributed by atoms with Crippen LogP contribution in [0.15, 0.2) is 47.4 Å². The third-order valence-electron chi connectivity index (χ3n) is 3.87. The van der Waals surface area contributed by atoms with Crippen LogP contribution in [0.5, 0.6) is 0 Å². The van der Waals surface area contributed by atoms with Gasteiger partial charge in [-0.3, -0.25) is 9.52 Å². The highest BCUT2D eigenvalue weighted by molar-refractivity contribution is 7.92. The van der Waals surface area contributed by atoms with E-state index in [1.807, 2.05) is 19.9 Å². The Kier molecular flexibility index (Phi) is 8.75. The molecule has 0 aliphatic carbocycles. The van der Waals surface area contributed by atoms with Crippen LogP contribution in [0.4, 0.5) is 5.69 Å². The first-order valence-electron chi connectivity index (χ1n) is 8.52. The van der Waals surface area contributed by atoms with Gasteiger partial charge in [-0.2, -0.15) is 0 Å². The molecule has 0 aromatic heterocycles. The van der Waals surface area contributed by atoms with Crippen molar-refractivity contribution in [1.29, 1.82) is 0 Å². The van der Waals surface area contributed by atoms with Gasteiger partial charge in [0.2, 0.25) is 0 Å². The second-order valence-electron chi connectivity index (χ2n) is 6.06. The maximum Gasteiger partial charge on any atom is 0.262 e. The average molecular weight is 412 g/mol. The Morgan fingerprint density at radius 2 is 1.67 bits per heavy atom. The van der Waals surface area contributed by atoms with Gasteiger partial charge in [0.05, 0.1) is 4.90 Å². The Morgan fingerprint density at radius 1 is 1.00 bits per heavy atom. The lowest BCUT2D eigenvalue weighted by molar-refractivity contribution is 0.0954. The molecule has 6 nitrogen and oxygen atoms in total. The number of benzene rings is 2. The molecule has 3 N–H and O–H groups in total. The van der Waals surface area contributed by atoms with E-state index in [9.17, 15) is 13.2 Å². The molecule has 0 aliphatic heterocycles. The smallest absolute Gasteiger partial charge is 0.262 e. The van der Waals surface area contributed by atoms with Crippen LogP contribution in [0.25, 0.3) is 0 Å². The molecule has 1 amide bonds. The first-order valence-corrected chi connectivity index (χ1v) is 10.0. The van der Waals surface area contributed by atoms with E-state index in [0.717, 1.165) is 12.1 Å².